The highest BCUT2D eigenvalue weighted by Crippen LogP contribution is 2.29. The molecule has 112 valence electrons. The van der Waals surface area contributed by atoms with Crippen molar-refractivity contribution in [3.63, 3.8) is 0 Å². The number of hydrogen-bond donors (Lipinski definition) is 1. The van der Waals surface area contributed by atoms with E-state index >= 15 is 0 Å². The third kappa shape index (κ3) is 3.41. The number of hydrogen-bond acceptors (Lipinski definition) is 2. The first-order chi connectivity index (χ1) is 9.26. The molecule has 1 aromatic rings. The second-order valence-corrected chi connectivity index (χ2v) is 7.60. The zero-order valence-corrected chi connectivity index (χ0v) is 14.3. The fraction of sp³-hybridized carbons (Fsp3) is 0.625. The van der Waals surface area contributed by atoms with Crippen molar-refractivity contribution in [3.8, 4) is 0 Å². The molecular weight excluding hydrogens is 319 g/mol. The lowest BCUT2D eigenvalue weighted by molar-refractivity contribution is 0.0167. The van der Waals surface area contributed by atoms with Crippen LogP contribution in [0.1, 0.15) is 39.7 Å². The standard InChI is InChI=1S/C16H24BrFN2/c1-5-16(4)10-19-15(2,3)11-20(16)9-12-8-13(17)6-7-14(12)18/h6-8,19H,5,9-11H2,1-4H3. The van der Waals surface area contributed by atoms with Gasteiger partial charge in [0.2, 0.25) is 0 Å². The lowest BCUT2D eigenvalue weighted by Gasteiger charge is -2.51. The van der Waals surface area contributed by atoms with E-state index in [-0.39, 0.29) is 16.9 Å². The minimum atomic E-state index is -0.122. The third-order valence-electron chi connectivity index (χ3n) is 4.43. The summed E-state index contributed by atoms with van der Waals surface area (Å²) in [6, 6.07) is 5.18. The Balaban J connectivity index is 2.25. The highest BCUT2D eigenvalue weighted by Gasteiger charge is 2.39. The summed E-state index contributed by atoms with van der Waals surface area (Å²) < 4.78 is 14.9. The second-order valence-electron chi connectivity index (χ2n) is 6.68. The van der Waals surface area contributed by atoms with Gasteiger partial charge in [0.25, 0.3) is 0 Å². The van der Waals surface area contributed by atoms with Crippen molar-refractivity contribution in [2.75, 3.05) is 13.1 Å². The maximum Gasteiger partial charge on any atom is 0.127 e. The average Bonchev–Trinajstić information content (AvgIpc) is 2.38. The number of benzene rings is 1. The quantitative estimate of drug-likeness (QED) is 0.894. The molecule has 1 heterocycles. The Morgan fingerprint density at radius 1 is 1.35 bits per heavy atom. The predicted octanol–water partition coefficient (Wildman–Crippen LogP) is 3.94. The number of piperazine rings is 1. The molecule has 0 saturated carbocycles. The molecular formula is C16H24BrFN2. The lowest BCUT2D eigenvalue weighted by Crippen LogP contribution is -2.66. The fourth-order valence-electron chi connectivity index (χ4n) is 2.73. The van der Waals surface area contributed by atoms with Gasteiger partial charge in [-0.2, -0.15) is 0 Å². The van der Waals surface area contributed by atoms with Crippen LogP contribution < -0.4 is 5.32 Å². The molecule has 0 amide bonds. The van der Waals surface area contributed by atoms with E-state index < -0.39 is 0 Å². The molecule has 1 fully saturated rings. The molecule has 0 bridgehead atoms. The van der Waals surface area contributed by atoms with Crippen molar-refractivity contribution in [1.29, 1.82) is 0 Å². The van der Waals surface area contributed by atoms with Gasteiger partial charge in [0.15, 0.2) is 0 Å². The van der Waals surface area contributed by atoms with Gasteiger partial charge in [-0.15, -0.1) is 0 Å². The Bertz CT molecular complexity index is 489. The van der Waals surface area contributed by atoms with Crippen molar-refractivity contribution in [3.05, 3.63) is 34.1 Å². The van der Waals surface area contributed by atoms with Gasteiger partial charge in [-0.25, -0.2) is 4.39 Å². The van der Waals surface area contributed by atoms with Gasteiger partial charge < -0.3 is 5.32 Å². The first-order valence-corrected chi connectivity index (χ1v) is 7.99. The number of halogens is 2. The van der Waals surface area contributed by atoms with Gasteiger partial charge in [0.05, 0.1) is 0 Å². The molecule has 1 N–H and O–H groups in total. The van der Waals surface area contributed by atoms with Crippen LogP contribution in [-0.2, 0) is 6.54 Å². The Hall–Kier alpha value is -0.450. The number of nitrogens with one attached hydrogen (secondary N) is 1. The molecule has 0 aromatic heterocycles. The van der Waals surface area contributed by atoms with Gasteiger partial charge in [-0.3, -0.25) is 4.90 Å². The Morgan fingerprint density at radius 2 is 2.05 bits per heavy atom. The second kappa shape index (κ2) is 5.74. The largest absolute Gasteiger partial charge is 0.309 e. The summed E-state index contributed by atoms with van der Waals surface area (Å²) >= 11 is 3.43. The zero-order chi connectivity index (χ0) is 15.0. The van der Waals surface area contributed by atoms with Crippen molar-refractivity contribution < 1.29 is 4.39 Å². The third-order valence-corrected chi connectivity index (χ3v) is 4.92. The maximum atomic E-state index is 14.0. The Labute approximate surface area is 129 Å². The molecule has 4 heteroatoms. The van der Waals surface area contributed by atoms with Crippen LogP contribution >= 0.6 is 15.9 Å². The summed E-state index contributed by atoms with van der Waals surface area (Å²) in [4.78, 5) is 2.41. The summed E-state index contributed by atoms with van der Waals surface area (Å²) in [6.45, 7) is 11.4. The topological polar surface area (TPSA) is 15.3 Å². The molecule has 0 aliphatic carbocycles. The molecule has 1 atom stereocenters. The summed E-state index contributed by atoms with van der Waals surface area (Å²) in [5.74, 6) is -0.122. The first kappa shape index (κ1) is 15.9. The summed E-state index contributed by atoms with van der Waals surface area (Å²) in [5, 5.41) is 3.60. The molecule has 0 radical (unpaired) electrons. The van der Waals surface area contributed by atoms with E-state index in [1.165, 1.54) is 6.07 Å². The minimum Gasteiger partial charge on any atom is -0.309 e. The molecule has 1 aliphatic rings. The molecule has 20 heavy (non-hydrogen) atoms. The monoisotopic (exact) mass is 342 g/mol. The van der Waals surface area contributed by atoms with Crippen molar-refractivity contribution >= 4 is 15.9 Å². The summed E-state index contributed by atoms with van der Waals surface area (Å²) in [5.41, 5.74) is 0.901. The highest BCUT2D eigenvalue weighted by atomic mass is 79.9. The molecule has 1 aromatic carbocycles. The normalized spacial score (nSPS) is 26.7. The van der Waals surface area contributed by atoms with E-state index in [4.69, 9.17) is 0 Å². The van der Waals surface area contributed by atoms with Gasteiger partial charge >= 0.3 is 0 Å². The minimum absolute atomic E-state index is 0.0666. The van der Waals surface area contributed by atoms with Crippen molar-refractivity contribution in [1.82, 2.24) is 10.2 Å². The van der Waals surface area contributed by atoms with E-state index in [9.17, 15) is 4.39 Å². The van der Waals surface area contributed by atoms with E-state index in [0.717, 1.165) is 29.5 Å². The van der Waals surface area contributed by atoms with Gasteiger partial charge in [-0.1, -0.05) is 22.9 Å². The Morgan fingerprint density at radius 3 is 2.70 bits per heavy atom. The highest BCUT2D eigenvalue weighted by molar-refractivity contribution is 9.10. The van der Waals surface area contributed by atoms with Crippen molar-refractivity contribution in [2.45, 2.75) is 51.7 Å². The van der Waals surface area contributed by atoms with Gasteiger partial charge in [-0.05, 0) is 45.4 Å². The van der Waals surface area contributed by atoms with Crippen LogP contribution in [0, 0.1) is 5.82 Å². The van der Waals surface area contributed by atoms with Crippen LogP contribution in [0.15, 0.2) is 22.7 Å². The van der Waals surface area contributed by atoms with Gasteiger partial charge in [0, 0.05) is 40.7 Å². The predicted molar refractivity (Wildman–Crippen MR) is 85.3 cm³/mol. The van der Waals surface area contributed by atoms with Gasteiger partial charge in [0.1, 0.15) is 5.82 Å². The molecule has 2 nitrogen and oxygen atoms in total. The summed E-state index contributed by atoms with van der Waals surface area (Å²) in [6.07, 6.45) is 1.05. The molecule has 1 unspecified atom stereocenters. The number of nitrogens with zero attached hydrogens (tertiary/aromatic N) is 1. The zero-order valence-electron chi connectivity index (χ0n) is 12.8. The van der Waals surface area contributed by atoms with E-state index in [2.05, 4.69) is 53.8 Å². The fourth-order valence-corrected chi connectivity index (χ4v) is 3.14. The van der Waals surface area contributed by atoms with E-state index in [1.54, 1.807) is 6.07 Å². The van der Waals surface area contributed by atoms with Crippen molar-refractivity contribution in [2.24, 2.45) is 0 Å². The van der Waals surface area contributed by atoms with Crippen LogP contribution in [0.3, 0.4) is 0 Å². The molecule has 1 saturated heterocycles. The molecule has 2 rings (SSSR count). The maximum absolute atomic E-state index is 14.0. The first-order valence-electron chi connectivity index (χ1n) is 7.20. The Kier molecular flexibility index (Phi) is 4.57. The lowest BCUT2D eigenvalue weighted by atomic mass is 9.87. The van der Waals surface area contributed by atoms with Crippen LogP contribution in [0.4, 0.5) is 4.39 Å². The van der Waals surface area contributed by atoms with Crippen LogP contribution in [0.2, 0.25) is 0 Å². The van der Waals surface area contributed by atoms with Crippen LogP contribution in [0.5, 0.6) is 0 Å². The SMILES string of the molecule is CCC1(C)CNC(C)(C)CN1Cc1cc(Br)ccc1F. The smallest absolute Gasteiger partial charge is 0.127 e. The molecule has 0 spiro atoms. The van der Waals surface area contributed by atoms with Crippen LogP contribution in [0.25, 0.3) is 0 Å². The van der Waals surface area contributed by atoms with E-state index in [0.29, 0.717) is 6.54 Å². The summed E-state index contributed by atoms with van der Waals surface area (Å²) in [7, 11) is 0. The number of rotatable bonds is 3. The average molecular weight is 343 g/mol. The molecule has 1 aliphatic heterocycles. The van der Waals surface area contributed by atoms with E-state index in [1.807, 2.05) is 6.07 Å². The van der Waals surface area contributed by atoms with Crippen LogP contribution in [-0.4, -0.2) is 29.1 Å².